The molecule has 0 saturated heterocycles. The second kappa shape index (κ2) is 7.51. The summed E-state index contributed by atoms with van der Waals surface area (Å²) in [6, 6.07) is 15.4. The SMILES string of the molecule is COc1ccc(-c2nc(C(=O)Nc3ccc(SC)cc3)cs2)cc1. The molecule has 3 aromatic rings. The largest absolute Gasteiger partial charge is 0.497 e. The Kier molecular flexibility index (Phi) is 5.17. The molecule has 0 aliphatic heterocycles. The highest BCUT2D eigenvalue weighted by atomic mass is 32.2. The third kappa shape index (κ3) is 3.77. The lowest BCUT2D eigenvalue weighted by molar-refractivity contribution is 0.102. The molecular weight excluding hydrogens is 340 g/mol. The van der Waals surface area contributed by atoms with Crippen molar-refractivity contribution in [1.82, 2.24) is 4.98 Å². The van der Waals surface area contributed by atoms with Crippen molar-refractivity contribution in [3.63, 3.8) is 0 Å². The van der Waals surface area contributed by atoms with E-state index in [1.807, 2.05) is 54.8 Å². The average molecular weight is 356 g/mol. The maximum absolute atomic E-state index is 12.3. The van der Waals surface area contributed by atoms with Crippen LogP contribution in [0.3, 0.4) is 0 Å². The van der Waals surface area contributed by atoms with Gasteiger partial charge in [0.05, 0.1) is 7.11 Å². The van der Waals surface area contributed by atoms with E-state index < -0.39 is 0 Å². The minimum atomic E-state index is -0.206. The highest BCUT2D eigenvalue weighted by Crippen LogP contribution is 2.26. The van der Waals surface area contributed by atoms with Crippen LogP contribution in [0.25, 0.3) is 10.6 Å². The van der Waals surface area contributed by atoms with Gasteiger partial charge in [0.25, 0.3) is 5.91 Å². The van der Waals surface area contributed by atoms with E-state index >= 15 is 0 Å². The van der Waals surface area contributed by atoms with E-state index in [1.165, 1.54) is 11.3 Å². The highest BCUT2D eigenvalue weighted by Gasteiger charge is 2.12. The molecule has 1 amide bonds. The summed E-state index contributed by atoms with van der Waals surface area (Å²) in [4.78, 5) is 17.9. The Morgan fingerprint density at radius 3 is 2.46 bits per heavy atom. The lowest BCUT2D eigenvalue weighted by Crippen LogP contribution is -2.12. The quantitative estimate of drug-likeness (QED) is 0.668. The topological polar surface area (TPSA) is 51.2 Å². The summed E-state index contributed by atoms with van der Waals surface area (Å²) in [5, 5.41) is 5.44. The van der Waals surface area contributed by atoms with Crippen LogP contribution in [-0.2, 0) is 0 Å². The van der Waals surface area contributed by atoms with Gasteiger partial charge >= 0.3 is 0 Å². The smallest absolute Gasteiger partial charge is 0.275 e. The summed E-state index contributed by atoms with van der Waals surface area (Å²) in [5.41, 5.74) is 2.14. The highest BCUT2D eigenvalue weighted by molar-refractivity contribution is 7.98. The van der Waals surface area contributed by atoms with E-state index in [1.54, 1.807) is 24.3 Å². The second-order valence-corrected chi connectivity index (χ2v) is 6.69. The Hall–Kier alpha value is -2.31. The van der Waals surface area contributed by atoms with Crippen LogP contribution in [0.4, 0.5) is 5.69 Å². The van der Waals surface area contributed by atoms with Gasteiger partial charge in [-0.1, -0.05) is 0 Å². The zero-order chi connectivity index (χ0) is 16.9. The number of methoxy groups -OCH3 is 1. The summed E-state index contributed by atoms with van der Waals surface area (Å²) in [6.45, 7) is 0. The van der Waals surface area contributed by atoms with Crippen molar-refractivity contribution in [2.24, 2.45) is 0 Å². The Balaban J connectivity index is 1.72. The molecule has 1 aromatic heterocycles. The van der Waals surface area contributed by atoms with Crippen LogP contribution in [0.15, 0.2) is 58.8 Å². The number of thiazole rings is 1. The van der Waals surface area contributed by atoms with Gasteiger partial charge < -0.3 is 10.1 Å². The minimum Gasteiger partial charge on any atom is -0.497 e. The van der Waals surface area contributed by atoms with Crippen molar-refractivity contribution < 1.29 is 9.53 Å². The summed E-state index contributed by atoms with van der Waals surface area (Å²) < 4.78 is 5.15. The number of carbonyl (C=O) groups is 1. The minimum absolute atomic E-state index is 0.206. The summed E-state index contributed by atoms with van der Waals surface area (Å²) >= 11 is 3.11. The van der Waals surface area contributed by atoms with Crippen LogP contribution in [-0.4, -0.2) is 24.3 Å². The van der Waals surface area contributed by atoms with E-state index in [0.29, 0.717) is 5.69 Å². The molecule has 6 heteroatoms. The Labute approximate surface area is 148 Å². The fraction of sp³-hybridized carbons (Fsp3) is 0.111. The number of anilines is 1. The number of hydrogen-bond acceptors (Lipinski definition) is 5. The molecule has 1 N–H and O–H groups in total. The molecule has 4 nitrogen and oxygen atoms in total. The van der Waals surface area contributed by atoms with Crippen molar-refractivity contribution in [1.29, 1.82) is 0 Å². The van der Waals surface area contributed by atoms with Crippen LogP contribution < -0.4 is 10.1 Å². The molecule has 0 aliphatic carbocycles. The average Bonchev–Trinajstić information content (AvgIpc) is 3.13. The summed E-state index contributed by atoms with van der Waals surface area (Å²) in [7, 11) is 1.63. The Bertz CT molecular complexity index is 827. The van der Waals surface area contributed by atoms with E-state index in [4.69, 9.17) is 4.74 Å². The second-order valence-electron chi connectivity index (χ2n) is 4.95. The lowest BCUT2D eigenvalue weighted by atomic mass is 10.2. The third-order valence-electron chi connectivity index (χ3n) is 3.42. The third-order valence-corrected chi connectivity index (χ3v) is 5.06. The molecule has 0 atom stereocenters. The van der Waals surface area contributed by atoms with Gasteiger partial charge in [0.15, 0.2) is 0 Å². The molecule has 0 radical (unpaired) electrons. The fourth-order valence-corrected chi connectivity index (χ4v) is 3.33. The number of aromatic nitrogens is 1. The van der Waals surface area contributed by atoms with Gasteiger partial charge in [0.1, 0.15) is 16.5 Å². The zero-order valence-electron chi connectivity index (χ0n) is 13.3. The first-order valence-corrected chi connectivity index (χ1v) is 9.35. The molecule has 0 bridgehead atoms. The van der Waals surface area contributed by atoms with Gasteiger partial charge in [-0.05, 0) is 54.8 Å². The molecular formula is C18H16N2O2S2. The van der Waals surface area contributed by atoms with Crippen LogP contribution in [0.5, 0.6) is 5.75 Å². The van der Waals surface area contributed by atoms with Crippen molar-refractivity contribution in [2.75, 3.05) is 18.7 Å². The van der Waals surface area contributed by atoms with Gasteiger partial charge in [0.2, 0.25) is 0 Å². The Morgan fingerprint density at radius 1 is 1.12 bits per heavy atom. The van der Waals surface area contributed by atoms with E-state index in [-0.39, 0.29) is 5.91 Å². The lowest BCUT2D eigenvalue weighted by Gasteiger charge is -2.04. The molecule has 0 spiro atoms. The number of hydrogen-bond donors (Lipinski definition) is 1. The molecule has 0 aliphatic rings. The van der Waals surface area contributed by atoms with Crippen molar-refractivity contribution >= 4 is 34.7 Å². The van der Waals surface area contributed by atoms with E-state index in [2.05, 4.69) is 10.3 Å². The molecule has 122 valence electrons. The molecule has 3 rings (SSSR count). The number of nitrogens with one attached hydrogen (secondary N) is 1. The first kappa shape index (κ1) is 16.5. The number of rotatable bonds is 5. The zero-order valence-corrected chi connectivity index (χ0v) is 14.9. The standard InChI is InChI=1S/C18H16N2O2S2/c1-22-14-7-3-12(4-8-14)18-20-16(11-24-18)17(21)19-13-5-9-15(23-2)10-6-13/h3-11H,1-2H3,(H,19,21). The maximum Gasteiger partial charge on any atom is 0.275 e. The van der Waals surface area contributed by atoms with Gasteiger partial charge in [-0.2, -0.15) is 0 Å². The number of amides is 1. The fourth-order valence-electron chi connectivity index (χ4n) is 2.11. The van der Waals surface area contributed by atoms with E-state index in [0.717, 1.165) is 26.9 Å². The number of carbonyl (C=O) groups excluding carboxylic acids is 1. The molecule has 24 heavy (non-hydrogen) atoms. The molecule has 1 heterocycles. The first-order chi connectivity index (χ1) is 11.7. The molecule has 2 aromatic carbocycles. The Morgan fingerprint density at radius 2 is 1.83 bits per heavy atom. The number of thioether (sulfide) groups is 1. The van der Waals surface area contributed by atoms with Crippen LogP contribution in [0, 0.1) is 0 Å². The maximum atomic E-state index is 12.3. The monoisotopic (exact) mass is 356 g/mol. The molecule has 0 unspecified atom stereocenters. The predicted molar refractivity (Wildman–Crippen MR) is 100 cm³/mol. The summed E-state index contributed by atoms with van der Waals surface area (Å²) in [6.07, 6.45) is 2.02. The van der Waals surface area contributed by atoms with Gasteiger partial charge in [-0.25, -0.2) is 4.98 Å². The van der Waals surface area contributed by atoms with Gasteiger partial charge in [-0.15, -0.1) is 23.1 Å². The van der Waals surface area contributed by atoms with Gasteiger partial charge in [-0.3, -0.25) is 4.79 Å². The van der Waals surface area contributed by atoms with Crippen molar-refractivity contribution in [3.05, 3.63) is 59.6 Å². The summed E-state index contributed by atoms with van der Waals surface area (Å²) in [5.74, 6) is 0.588. The van der Waals surface area contributed by atoms with Crippen LogP contribution in [0.1, 0.15) is 10.5 Å². The van der Waals surface area contributed by atoms with Gasteiger partial charge in [0, 0.05) is 21.5 Å². The molecule has 0 fully saturated rings. The first-order valence-electron chi connectivity index (χ1n) is 7.25. The van der Waals surface area contributed by atoms with Crippen molar-refractivity contribution in [3.8, 4) is 16.3 Å². The molecule has 0 saturated carbocycles. The number of benzene rings is 2. The van der Waals surface area contributed by atoms with Crippen LogP contribution >= 0.6 is 23.1 Å². The number of ether oxygens (including phenoxy) is 1. The van der Waals surface area contributed by atoms with E-state index in [9.17, 15) is 4.79 Å². The van der Waals surface area contributed by atoms with Crippen LogP contribution in [0.2, 0.25) is 0 Å². The normalized spacial score (nSPS) is 10.4. The van der Waals surface area contributed by atoms with Crippen molar-refractivity contribution in [2.45, 2.75) is 4.90 Å². The predicted octanol–water partition coefficient (Wildman–Crippen LogP) is 4.79. The number of nitrogens with zero attached hydrogens (tertiary/aromatic N) is 1.